The maximum atomic E-state index is 15.3. The lowest BCUT2D eigenvalue weighted by atomic mass is 9.87. The number of rotatable bonds is 10. The number of oxazole rings is 1. The van der Waals surface area contributed by atoms with Gasteiger partial charge >= 0.3 is 5.97 Å². The largest absolute Gasteiger partial charge is 0.469 e. The third kappa shape index (κ3) is 6.50. The Morgan fingerprint density at radius 2 is 1.93 bits per heavy atom. The van der Waals surface area contributed by atoms with Gasteiger partial charge in [-0.15, -0.1) is 0 Å². The molecule has 40 heavy (non-hydrogen) atoms. The summed E-state index contributed by atoms with van der Waals surface area (Å²) in [6.07, 6.45) is 5.18. The number of aromatic nitrogens is 1. The van der Waals surface area contributed by atoms with E-state index in [0.29, 0.717) is 17.8 Å². The van der Waals surface area contributed by atoms with E-state index >= 15 is 4.39 Å². The van der Waals surface area contributed by atoms with Crippen molar-refractivity contribution in [2.24, 2.45) is 5.92 Å². The van der Waals surface area contributed by atoms with E-state index in [4.69, 9.17) is 13.9 Å². The second-order valence-electron chi connectivity index (χ2n) is 10.8. The van der Waals surface area contributed by atoms with Crippen molar-refractivity contribution in [3.05, 3.63) is 53.1 Å². The third-order valence-electron chi connectivity index (χ3n) is 8.02. The topological polar surface area (TPSA) is 93.9 Å². The Morgan fingerprint density at radius 3 is 2.70 bits per heavy atom. The highest BCUT2D eigenvalue weighted by Gasteiger charge is 2.31. The fraction of sp³-hybridized carbons (Fsp3) is 0.500. The Bertz CT molecular complexity index is 1370. The molecule has 1 aliphatic heterocycles. The maximum absolute atomic E-state index is 15.3. The Labute approximate surface area is 232 Å². The Hall–Kier alpha value is -3.37. The second kappa shape index (κ2) is 12.4. The van der Waals surface area contributed by atoms with Crippen molar-refractivity contribution < 1.29 is 32.3 Å². The number of ether oxygens (including phenoxy) is 2. The van der Waals surface area contributed by atoms with E-state index in [1.807, 2.05) is 6.92 Å². The van der Waals surface area contributed by atoms with Crippen LogP contribution in [-0.2, 0) is 25.5 Å². The minimum atomic E-state index is -0.619. The first-order valence-electron chi connectivity index (χ1n) is 13.9. The number of benzene rings is 2. The third-order valence-corrected chi connectivity index (χ3v) is 8.02. The normalized spacial score (nSPS) is 21.6. The summed E-state index contributed by atoms with van der Waals surface area (Å²) in [5.74, 6) is -1.30. The Balaban J connectivity index is 1.15. The van der Waals surface area contributed by atoms with Crippen molar-refractivity contribution in [1.29, 1.82) is 0 Å². The highest BCUT2D eigenvalue weighted by atomic mass is 19.1. The molecule has 214 valence electrons. The van der Waals surface area contributed by atoms with Crippen LogP contribution in [0.5, 0.6) is 0 Å². The molecule has 0 bridgehead atoms. The van der Waals surface area contributed by atoms with Crippen molar-refractivity contribution in [1.82, 2.24) is 9.88 Å². The zero-order chi connectivity index (χ0) is 28.2. The monoisotopic (exact) mass is 555 g/mol. The number of methoxy groups -OCH3 is 1. The molecule has 2 fully saturated rings. The summed E-state index contributed by atoms with van der Waals surface area (Å²) >= 11 is 0. The summed E-state index contributed by atoms with van der Waals surface area (Å²) in [7, 11) is 1.42. The molecule has 0 amide bonds. The molecule has 8 nitrogen and oxygen atoms in total. The fourth-order valence-corrected chi connectivity index (χ4v) is 5.70. The van der Waals surface area contributed by atoms with Gasteiger partial charge in [0.2, 0.25) is 0 Å². The van der Waals surface area contributed by atoms with E-state index in [1.165, 1.54) is 19.2 Å². The number of carbonyl (C=O) groups is 2. The van der Waals surface area contributed by atoms with Crippen molar-refractivity contribution in [2.75, 3.05) is 32.1 Å². The lowest BCUT2D eigenvalue weighted by Gasteiger charge is -2.30. The molecule has 0 spiro atoms. The minimum absolute atomic E-state index is 0.0393. The molecule has 2 aromatic carbocycles. The molecule has 0 radical (unpaired) electrons. The van der Waals surface area contributed by atoms with Gasteiger partial charge in [-0.05, 0) is 81.3 Å². The van der Waals surface area contributed by atoms with Crippen LogP contribution in [0.15, 0.2) is 34.7 Å². The average Bonchev–Trinajstić information content (AvgIpc) is 3.57. The molecular formula is C30H35F2N3O5. The summed E-state index contributed by atoms with van der Waals surface area (Å²) in [5, 5.41) is 2.90. The first kappa shape index (κ1) is 28.2. The number of likely N-dealkylation sites (tertiary alicyclic amines) is 1. The lowest BCUT2D eigenvalue weighted by molar-refractivity contribution is -0.147. The quantitative estimate of drug-likeness (QED) is 0.329. The van der Waals surface area contributed by atoms with Gasteiger partial charge in [0.1, 0.15) is 11.3 Å². The van der Waals surface area contributed by atoms with Crippen LogP contribution >= 0.6 is 0 Å². The number of aryl methyl sites for hydroxylation is 1. The molecule has 5 rings (SSSR count). The summed E-state index contributed by atoms with van der Waals surface area (Å²) in [4.78, 5) is 31.1. The van der Waals surface area contributed by atoms with E-state index in [2.05, 4.69) is 15.2 Å². The van der Waals surface area contributed by atoms with Crippen LogP contribution in [-0.4, -0.2) is 60.6 Å². The van der Waals surface area contributed by atoms with Gasteiger partial charge in [0.15, 0.2) is 17.2 Å². The molecule has 1 N–H and O–H groups in total. The van der Waals surface area contributed by atoms with Crippen LogP contribution in [0.25, 0.3) is 11.1 Å². The zero-order valence-electron chi connectivity index (χ0n) is 22.9. The molecule has 2 heterocycles. The molecule has 3 aromatic rings. The molecule has 10 heteroatoms. The highest BCUT2D eigenvalue weighted by Crippen LogP contribution is 2.30. The maximum Gasteiger partial charge on any atom is 0.308 e. The molecule has 0 unspecified atom stereocenters. The van der Waals surface area contributed by atoms with Gasteiger partial charge < -0.3 is 19.2 Å². The molecule has 1 aliphatic carbocycles. The summed E-state index contributed by atoms with van der Waals surface area (Å²) < 4.78 is 45.6. The summed E-state index contributed by atoms with van der Waals surface area (Å²) in [5.41, 5.74) is 1.77. The van der Waals surface area contributed by atoms with Crippen molar-refractivity contribution in [2.45, 2.75) is 64.0 Å². The molecule has 1 atom stereocenters. The number of esters is 1. The highest BCUT2D eigenvalue weighted by molar-refractivity contribution is 5.85. The minimum Gasteiger partial charge on any atom is -0.469 e. The number of nitrogens with zero attached hydrogens (tertiary/aromatic N) is 2. The SMILES string of the molecule is COC(=O)C1CCC(OC[C@@H]2CCCN2CC(=O)Cc2ccc3nc(Nc4cc(F)ccc4C)oc3c2F)CC1. The first-order chi connectivity index (χ1) is 19.3. The van der Waals surface area contributed by atoms with Crippen LogP contribution < -0.4 is 5.32 Å². The van der Waals surface area contributed by atoms with Crippen LogP contribution in [0.4, 0.5) is 20.5 Å². The number of Topliss-reactive ketones (excluding diaryl/α,β-unsaturated/α-hetero) is 1. The number of hydrogen-bond acceptors (Lipinski definition) is 8. The lowest BCUT2D eigenvalue weighted by Crippen LogP contribution is -2.39. The number of anilines is 2. The second-order valence-corrected chi connectivity index (χ2v) is 10.8. The van der Waals surface area contributed by atoms with Crippen molar-refractivity contribution >= 4 is 34.6 Å². The van der Waals surface area contributed by atoms with E-state index in [1.54, 1.807) is 18.2 Å². The van der Waals surface area contributed by atoms with Crippen LogP contribution in [0.1, 0.15) is 49.7 Å². The van der Waals surface area contributed by atoms with Crippen LogP contribution in [0, 0.1) is 24.5 Å². The average molecular weight is 556 g/mol. The zero-order valence-corrected chi connectivity index (χ0v) is 22.9. The van der Waals surface area contributed by atoms with Gasteiger partial charge in [-0.2, -0.15) is 4.98 Å². The van der Waals surface area contributed by atoms with Gasteiger partial charge in [0.05, 0.1) is 32.3 Å². The predicted molar refractivity (Wildman–Crippen MR) is 145 cm³/mol. The van der Waals surface area contributed by atoms with Gasteiger partial charge in [0, 0.05) is 18.2 Å². The summed E-state index contributed by atoms with van der Waals surface area (Å²) in [6.45, 7) is 3.37. The van der Waals surface area contributed by atoms with E-state index < -0.39 is 11.6 Å². The van der Waals surface area contributed by atoms with Gasteiger partial charge in [-0.3, -0.25) is 14.5 Å². The standard InChI is InChI=1S/C30H35F2N3O5/c1-18-5-9-21(31)15-26(18)34-30-33-25-12-8-20(27(32)28(25)40-30)14-23(36)16-35-13-3-4-22(35)17-39-24-10-6-19(7-11-24)29(37)38-2/h5,8-9,12,15,19,22,24H,3-4,6-7,10-11,13-14,16-17H2,1-2H3,(H,33,34)/t19?,22-,24?/m0/s1. The molecule has 2 aliphatic rings. The van der Waals surface area contributed by atoms with E-state index in [9.17, 15) is 14.0 Å². The Morgan fingerprint density at radius 1 is 1.12 bits per heavy atom. The number of fused-ring (bicyclic) bond motifs is 1. The van der Waals surface area contributed by atoms with Crippen LogP contribution in [0.3, 0.4) is 0 Å². The summed E-state index contributed by atoms with van der Waals surface area (Å²) in [6, 6.07) is 7.66. The molecule has 1 saturated carbocycles. The van der Waals surface area contributed by atoms with Crippen LogP contribution in [0.2, 0.25) is 0 Å². The smallest absolute Gasteiger partial charge is 0.308 e. The number of carbonyl (C=O) groups excluding carboxylic acids is 2. The van der Waals surface area contributed by atoms with E-state index in [-0.39, 0.29) is 59.9 Å². The first-order valence-corrected chi connectivity index (χ1v) is 13.9. The van der Waals surface area contributed by atoms with Gasteiger partial charge in [-0.25, -0.2) is 8.78 Å². The van der Waals surface area contributed by atoms with Crippen molar-refractivity contribution in [3.8, 4) is 0 Å². The van der Waals surface area contributed by atoms with Crippen molar-refractivity contribution in [3.63, 3.8) is 0 Å². The molecule has 1 aromatic heterocycles. The van der Waals surface area contributed by atoms with Gasteiger partial charge in [-0.1, -0.05) is 12.1 Å². The number of nitrogens with one attached hydrogen (secondary N) is 1. The predicted octanol–water partition coefficient (Wildman–Crippen LogP) is 5.48. The van der Waals surface area contributed by atoms with Gasteiger partial charge in [0.25, 0.3) is 6.01 Å². The number of hydrogen-bond donors (Lipinski definition) is 1. The fourth-order valence-electron chi connectivity index (χ4n) is 5.70. The van der Waals surface area contributed by atoms with E-state index in [0.717, 1.165) is 50.6 Å². The number of halogens is 2. The number of ketones is 1. The Kier molecular flexibility index (Phi) is 8.75. The molecular weight excluding hydrogens is 520 g/mol. The molecule has 1 saturated heterocycles.